The smallest absolute Gasteiger partial charge is 0.318 e. The molecule has 0 aliphatic rings. The summed E-state index contributed by atoms with van der Waals surface area (Å²) < 4.78 is 4.99. The minimum atomic E-state index is -1.10. The van der Waals surface area contributed by atoms with E-state index in [-0.39, 0.29) is 18.0 Å². The third kappa shape index (κ3) is 2.47. The van der Waals surface area contributed by atoms with Gasteiger partial charge < -0.3 is 4.74 Å². The van der Waals surface area contributed by atoms with Crippen molar-refractivity contribution in [1.29, 1.82) is 0 Å². The Morgan fingerprint density at radius 3 is 2.72 bits per heavy atom. The maximum atomic E-state index is 12.0. The van der Waals surface area contributed by atoms with Crippen LogP contribution >= 0.6 is 0 Å². The number of hydrogen-bond donors (Lipinski definition) is 0. The van der Waals surface area contributed by atoms with Crippen LogP contribution in [0.2, 0.25) is 0 Å². The van der Waals surface area contributed by atoms with Crippen molar-refractivity contribution in [3.8, 4) is 0 Å². The van der Waals surface area contributed by atoms with E-state index in [1.807, 2.05) is 0 Å². The summed E-state index contributed by atoms with van der Waals surface area (Å²) >= 11 is 0. The molecule has 1 atom stereocenters. The van der Waals surface area contributed by atoms with E-state index in [2.05, 4.69) is 4.98 Å². The van der Waals surface area contributed by atoms with Gasteiger partial charge in [0.25, 0.3) is 5.69 Å². The molecule has 0 spiro atoms. The SMILES string of the molecule is CCOC(=O)C(C)(CC)c1ncccc1[N+](=O)[O-]. The van der Waals surface area contributed by atoms with Crippen LogP contribution in [0.25, 0.3) is 0 Å². The van der Waals surface area contributed by atoms with Crippen molar-refractivity contribution in [3.63, 3.8) is 0 Å². The van der Waals surface area contributed by atoms with Gasteiger partial charge in [-0.25, -0.2) is 0 Å². The van der Waals surface area contributed by atoms with E-state index in [1.54, 1.807) is 20.8 Å². The van der Waals surface area contributed by atoms with Crippen LogP contribution in [0.5, 0.6) is 0 Å². The number of ether oxygens (including phenoxy) is 1. The molecular weight excluding hydrogens is 236 g/mol. The van der Waals surface area contributed by atoms with Gasteiger partial charge in [-0.05, 0) is 26.3 Å². The van der Waals surface area contributed by atoms with Crippen molar-refractivity contribution in [1.82, 2.24) is 4.98 Å². The second-order valence-corrected chi connectivity index (χ2v) is 4.03. The van der Waals surface area contributed by atoms with Gasteiger partial charge in [-0.15, -0.1) is 0 Å². The van der Waals surface area contributed by atoms with Crippen molar-refractivity contribution in [2.24, 2.45) is 0 Å². The molecule has 0 radical (unpaired) electrons. The van der Waals surface area contributed by atoms with Gasteiger partial charge in [0.05, 0.1) is 11.5 Å². The maximum Gasteiger partial charge on any atom is 0.318 e. The highest BCUT2D eigenvalue weighted by atomic mass is 16.6. The number of carbonyl (C=O) groups is 1. The average Bonchev–Trinajstić information content (AvgIpc) is 2.38. The van der Waals surface area contributed by atoms with Crippen molar-refractivity contribution in [3.05, 3.63) is 34.1 Å². The molecule has 1 rings (SSSR count). The average molecular weight is 252 g/mol. The zero-order chi connectivity index (χ0) is 13.8. The number of pyridine rings is 1. The molecule has 0 fully saturated rings. The molecule has 1 aromatic heterocycles. The Labute approximate surface area is 105 Å². The second kappa shape index (κ2) is 5.57. The fraction of sp³-hybridized carbons (Fsp3) is 0.500. The number of rotatable bonds is 5. The Morgan fingerprint density at radius 1 is 1.56 bits per heavy atom. The van der Waals surface area contributed by atoms with E-state index >= 15 is 0 Å². The molecule has 0 aliphatic carbocycles. The lowest BCUT2D eigenvalue weighted by Gasteiger charge is -2.24. The molecule has 0 aromatic carbocycles. The molecule has 98 valence electrons. The highest BCUT2D eigenvalue weighted by Gasteiger charge is 2.41. The fourth-order valence-electron chi connectivity index (χ4n) is 1.67. The van der Waals surface area contributed by atoms with Crippen LogP contribution in [0.15, 0.2) is 18.3 Å². The van der Waals surface area contributed by atoms with E-state index in [1.165, 1.54) is 18.3 Å². The van der Waals surface area contributed by atoms with Crippen molar-refractivity contribution in [2.75, 3.05) is 6.61 Å². The van der Waals surface area contributed by atoms with Gasteiger partial charge in [0.15, 0.2) is 0 Å². The molecule has 6 nitrogen and oxygen atoms in total. The first kappa shape index (κ1) is 14.1. The second-order valence-electron chi connectivity index (χ2n) is 4.03. The molecule has 18 heavy (non-hydrogen) atoms. The quantitative estimate of drug-likeness (QED) is 0.456. The lowest BCUT2D eigenvalue weighted by molar-refractivity contribution is -0.386. The summed E-state index contributed by atoms with van der Waals surface area (Å²) in [4.78, 5) is 26.4. The van der Waals surface area contributed by atoms with E-state index in [0.717, 1.165) is 0 Å². The highest BCUT2D eigenvalue weighted by molar-refractivity contribution is 5.83. The van der Waals surface area contributed by atoms with Crippen LogP contribution in [0.1, 0.15) is 32.9 Å². The maximum absolute atomic E-state index is 12.0. The van der Waals surface area contributed by atoms with Crippen LogP contribution in [-0.2, 0) is 14.9 Å². The molecule has 0 amide bonds. The Bertz CT molecular complexity index is 461. The lowest BCUT2D eigenvalue weighted by atomic mass is 9.82. The topological polar surface area (TPSA) is 82.3 Å². The third-order valence-electron chi connectivity index (χ3n) is 2.94. The first-order chi connectivity index (χ1) is 8.47. The lowest BCUT2D eigenvalue weighted by Crippen LogP contribution is -2.35. The van der Waals surface area contributed by atoms with E-state index in [9.17, 15) is 14.9 Å². The number of esters is 1. The van der Waals surface area contributed by atoms with Gasteiger partial charge in [0.2, 0.25) is 0 Å². The molecule has 0 aliphatic heterocycles. The third-order valence-corrected chi connectivity index (χ3v) is 2.94. The summed E-state index contributed by atoms with van der Waals surface area (Å²) in [7, 11) is 0. The van der Waals surface area contributed by atoms with Gasteiger partial charge in [0, 0.05) is 12.3 Å². The molecule has 0 saturated carbocycles. The predicted molar refractivity (Wildman–Crippen MR) is 65.2 cm³/mol. The number of carbonyl (C=O) groups excluding carboxylic acids is 1. The van der Waals surface area contributed by atoms with Crippen LogP contribution < -0.4 is 0 Å². The molecule has 0 saturated heterocycles. The van der Waals surface area contributed by atoms with Gasteiger partial charge in [0.1, 0.15) is 11.1 Å². The molecule has 6 heteroatoms. The standard InChI is InChI=1S/C12H16N2O4/c1-4-12(3,11(15)18-5-2)10-9(14(16)17)7-6-8-13-10/h6-8H,4-5H2,1-3H3. The Morgan fingerprint density at radius 2 is 2.22 bits per heavy atom. The van der Waals surface area contributed by atoms with Crippen molar-refractivity contribution in [2.45, 2.75) is 32.6 Å². The molecular formula is C12H16N2O4. The summed E-state index contributed by atoms with van der Waals surface area (Å²) in [5.41, 5.74) is -1.11. The first-order valence-electron chi connectivity index (χ1n) is 5.74. The normalized spacial score (nSPS) is 13.7. The zero-order valence-electron chi connectivity index (χ0n) is 10.7. The zero-order valence-corrected chi connectivity index (χ0v) is 10.7. The van der Waals surface area contributed by atoms with Crippen LogP contribution in [0.4, 0.5) is 5.69 Å². The van der Waals surface area contributed by atoms with Crippen LogP contribution in [0.3, 0.4) is 0 Å². The molecule has 0 N–H and O–H groups in total. The molecule has 1 unspecified atom stereocenters. The van der Waals surface area contributed by atoms with Crippen molar-refractivity contribution < 1.29 is 14.5 Å². The Hall–Kier alpha value is -1.98. The minimum Gasteiger partial charge on any atom is -0.465 e. The summed E-state index contributed by atoms with van der Waals surface area (Å²) in [6.45, 7) is 5.31. The number of aromatic nitrogens is 1. The summed E-state index contributed by atoms with van der Waals surface area (Å²) in [6, 6.07) is 2.82. The van der Waals surface area contributed by atoms with Gasteiger partial charge in [-0.1, -0.05) is 6.92 Å². The van der Waals surface area contributed by atoms with Crippen LogP contribution in [-0.4, -0.2) is 22.5 Å². The molecule has 1 aromatic rings. The Kier molecular flexibility index (Phi) is 4.36. The van der Waals surface area contributed by atoms with E-state index in [4.69, 9.17) is 4.74 Å². The summed E-state index contributed by atoms with van der Waals surface area (Å²) in [6.07, 6.45) is 1.82. The van der Waals surface area contributed by atoms with E-state index in [0.29, 0.717) is 6.42 Å². The molecule has 0 bridgehead atoms. The number of nitrogens with zero attached hydrogens (tertiary/aromatic N) is 2. The summed E-state index contributed by atoms with van der Waals surface area (Å²) in [5.74, 6) is -0.491. The number of hydrogen-bond acceptors (Lipinski definition) is 5. The summed E-state index contributed by atoms with van der Waals surface area (Å²) in [5, 5.41) is 11.0. The first-order valence-corrected chi connectivity index (χ1v) is 5.74. The van der Waals surface area contributed by atoms with E-state index < -0.39 is 16.3 Å². The van der Waals surface area contributed by atoms with Gasteiger partial charge >= 0.3 is 5.97 Å². The Balaban J connectivity index is 3.32. The fourth-order valence-corrected chi connectivity index (χ4v) is 1.67. The van der Waals surface area contributed by atoms with Crippen molar-refractivity contribution >= 4 is 11.7 Å². The van der Waals surface area contributed by atoms with Crippen LogP contribution in [0, 0.1) is 10.1 Å². The monoisotopic (exact) mass is 252 g/mol. The number of nitro groups is 1. The van der Waals surface area contributed by atoms with Gasteiger partial charge in [-0.2, -0.15) is 0 Å². The molecule has 1 heterocycles. The van der Waals surface area contributed by atoms with Gasteiger partial charge in [-0.3, -0.25) is 19.9 Å². The largest absolute Gasteiger partial charge is 0.465 e. The highest BCUT2D eigenvalue weighted by Crippen LogP contribution is 2.33. The minimum absolute atomic E-state index is 0.149. The predicted octanol–water partition coefficient (Wildman–Crippen LogP) is 2.22.